The number of aliphatic hydroxyl groups excluding tert-OH is 1. The molecule has 1 heterocycles. The zero-order chi connectivity index (χ0) is 13.4. The Balaban J connectivity index is 1.73. The minimum absolute atomic E-state index is 0.322. The summed E-state index contributed by atoms with van der Waals surface area (Å²) in [5.74, 6) is 1.58. The first kappa shape index (κ1) is 12.5. The van der Waals surface area contributed by atoms with E-state index in [1.165, 1.54) is 5.56 Å². The van der Waals surface area contributed by atoms with Crippen LogP contribution in [0.3, 0.4) is 0 Å². The van der Waals surface area contributed by atoms with Gasteiger partial charge in [0.15, 0.2) is 0 Å². The van der Waals surface area contributed by atoms with Gasteiger partial charge in [-0.3, -0.25) is 0 Å². The van der Waals surface area contributed by atoms with Crippen LogP contribution in [-0.2, 0) is 20.1 Å². The Morgan fingerprint density at radius 1 is 1.53 bits per heavy atom. The van der Waals surface area contributed by atoms with E-state index >= 15 is 0 Å². The van der Waals surface area contributed by atoms with Gasteiger partial charge in [0.05, 0.1) is 12.3 Å². The van der Waals surface area contributed by atoms with Crippen LogP contribution in [0.4, 0.5) is 0 Å². The van der Waals surface area contributed by atoms with E-state index in [-0.39, 0.29) is 6.10 Å². The third-order valence-corrected chi connectivity index (χ3v) is 3.91. The SMILES string of the molecule is Cn1c(Cl)cnc1COc1ccc2c(c1)CC[C@@H]2O. The van der Waals surface area contributed by atoms with Crippen molar-refractivity contribution in [2.75, 3.05) is 0 Å². The van der Waals surface area contributed by atoms with E-state index in [0.29, 0.717) is 11.8 Å². The molecule has 0 fully saturated rings. The summed E-state index contributed by atoms with van der Waals surface area (Å²) >= 11 is 5.92. The summed E-state index contributed by atoms with van der Waals surface area (Å²) in [5, 5.41) is 10.3. The third-order valence-electron chi connectivity index (χ3n) is 3.56. The molecule has 0 unspecified atom stereocenters. The predicted octanol–water partition coefficient (Wildman–Crippen LogP) is 2.63. The van der Waals surface area contributed by atoms with Gasteiger partial charge in [0.1, 0.15) is 23.3 Å². The lowest BCUT2D eigenvalue weighted by atomic mass is 10.1. The summed E-state index contributed by atoms with van der Waals surface area (Å²) in [5.41, 5.74) is 2.19. The summed E-state index contributed by atoms with van der Waals surface area (Å²) in [7, 11) is 1.85. The molecular weight excluding hydrogens is 264 g/mol. The average molecular weight is 279 g/mol. The molecule has 1 aromatic heterocycles. The highest BCUT2D eigenvalue weighted by Gasteiger charge is 2.20. The molecule has 100 valence electrons. The average Bonchev–Trinajstić information content (AvgIpc) is 2.93. The molecule has 5 heteroatoms. The van der Waals surface area contributed by atoms with E-state index in [1.807, 2.05) is 25.2 Å². The molecule has 1 aliphatic carbocycles. The molecule has 1 N–H and O–H groups in total. The van der Waals surface area contributed by atoms with Crippen molar-refractivity contribution in [1.82, 2.24) is 9.55 Å². The van der Waals surface area contributed by atoms with E-state index < -0.39 is 0 Å². The Morgan fingerprint density at radius 3 is 3.11 bits per heavy atom. The minimum Gasteiger partial charge on any atom is -0.486 e. The maximum absolute atomic E-state index is 9.75. The van der Waals surface area contributed by atoms with E-state index in [2.05, 4.69) is 4.98 Å². The smallest absolute Gasteiger partial charge is 0.147 e. The molecule has 0 spiro atoms. The summed E-state index contributed by atoms with van der Waals surface area (Å²) in [6, 6.07) is 5.82. The van der Waals surface area contributed by atoms with Gasteiger partial charge in [-0.15, -0.1) is 0 Å². The van der Waals surface area contributed by atoms with Crippen LogP contribution in [0.1, 0.15) is 29.5 Å². The second-order valence-electron chi connectivity index (χ2n) is 4.76. The number of aryl methyl sites for hydroxylation is 1. The second-order valence-corrected chi connectivity index (χ2v) is 5.15. The van der Waals surface area contributed by atoms with Gasteiger partial charge in [-0.25, -0.2) is 4.98 Å². The van der Waals surface area contributed by atoms with E-state index in [1.54, 1.807) is 10.8 Å². The van der Waals surface area contributed by atoms with Crippen molar-refractivity contribution in [2.45, 2.75) is 25.6 Å². The van der Waals surface area contributed by atoms with Gasteiger partial charge in [0.25, 0.3) is 0 Å². The number of hydrogen-bond donors (Lipinski definition) is 1. The fourth-order valence-corrected chi connectivity index (χ4v) is 2.51. The summed E-state index contributed by atoms with van der Waals surface area (Å²) in [4.78, 5) is 4.18. The number of aromatic nitrogens is 2. The quantitative estimate of drug-likeness (QED) is 0.939. The molecule has 0 saturated carbocycles. The van der Waals surface area contributed by atoms with Gasteiger partial charge in [-0.1, -0.05) is 17.7 Å². The number of ether oxygens (including phenoxy) is 1. The van der Waals surface area contributed by atoms with Crippen LogP contribution in [0, 0.1) is 0 Å². The molecular formula is C14H15ClN2O2. The predicted molar refractivity (Wildman–Crippen MR) is 72.3 cm³/mol. The molecule has 19 heavy (non-hydrogen) atoms. The van der Waals surface area contributed by atoms with Crippen LogP contribution in [0.15, 0.2) is 24.4 Å². The van der Waals surface area contributed by atoms with Crippen molar-refractivity contribution < 1.29 is 9.84 Å². The number of benzene rings is 1. The van der Waals surface area contributed by atoms with Crippen LogP contribution in [0.25, 0.3) is 0 Å². The van der Waals surface area contributed by atoms with Crippen molar-refractivity contribution in [3.8, 4) is 5.75 Å². The van der Waals surface area contributed by atoms with Gasteiger partial charge < -0.3 is 14.4 Å². The van der Waals surface area contributed by atoms with E-state index in [9.17, 15) is 5.11 Å². The van der Waals surface area contributed by atoms with Crippen molar-refractivity contribution in [1.29, 1.82) is 0 Å². The summed E-state index contributed by atoms with van der Waals surface area (Å²) < 4.78 is 7.51. The van der Waals surface area contributed by atoms with Crippen LogP contribution in [0.2, 0.25) is 5.15 Å². The van der Waals surface area contributed by atoms with Gasteiger partial charge in [0, 0.05) is 7.05 Å². The number of halogens is 1. The maximum atomic E-state index is 9.75. The summed E-state index contributed by atoms with van der Waals surface area (Å²) in [6.07, 6.45) is 2.99. The van der Waals surface area contributed by atoms with E-state index in [4.69, 9.17) is 16.3 Å². The maximum Gasteiger partial charge on any atom is 0.147 e. The highest BCUT2D eigenvalue weighted by molar-refractivity contribution is 6.29. The fraction of sp³-hybridized carbons (Fsp3) is 0.357. The minimum atomic E-state index is -0.322. The molecule has 1 atom stereocenters. The van der Waals surface area contributed by atoms with Crippen molar-refractivity contribution >= 4 is 11.6 Å². The molecule has 0 aliphatic heterocycles. The number of nitrogens with zero attached hydrogens (tertiary/aromatic N) is 2. The highest BCUT2D eigenvalue weighted by Crippen LogP contribution is 2.33. The topological polar surface area (TPSA) is 47.3 Å². The van der Waals surface area contributed by atoms with E-state index in [0.717, 1.165) is 30.0 Å². The Hall–Kier alpha value is -1.52. The molecule has 1 aromatic carbocycles. The lowest BCUT2D eigenvalue weighted by molar-refractivity contribution is 0.180. The number of fused-ring (bicyclic) bond motifs is 1. The van der Waals surface area contributed by atoms with Crippen LogP contribution in [0.5, 0.6) is 5.75 Å². The Kier molecular flexibility index (Phi) is 3.21. The van der Waals surface area contributed by atoms with Gasteiger partial charge in [-0.2, -0.15) is 0 Å². The first-order chi connectivity index (χ1) is 9.15. The second kappa shape index (κ2) is 4.87. The molecule has 0 saturated heterocycles. The van der Waals surface area contributed by atoms with Crippen molar-refractivity contribution in [3.05, 3.63) is 46.5 Å². The third kappa shape index (κ3) is 2.33. The Morgan fingerprint density at radius 2 is 2.37 bits per heavy atom. The lowest BCUT2D eigenvalue weighted by Crippen LogP contribution is -2.04. The molecule has 3 rings (SSSR count). The molecule has 2 aromatic rings. The first-order valence-corrected chi connectivity index (χ1v) is 6.62. The Bertz CT molecular complexity index is 609. The van der Waals surface area contributed by atoms with Crippen molar-refractivity contribution in [2.24, 2.45) is 7.05 Å². The fourth-order valence-electron chi connectivity index (χ4n) is 2.37. The van der Waals surface area contributed by atoms with Crippen LogP contribution < -0.4 is 4.74 Å². The molecule has 0 bridgehead atoms. The Labute approximate surface area is 116 Å². The number of aliphatic hydroxyl groups is 1. The molecule has 0 radical (unpaired) electrons. The van der Waals surface area contributed by atoms with Crippen LogP contribution >= 0.6 is 11.6 Å². The standard InChI is InChI=1S/C14H15ClN2O2/c1-17-13(15)7-16-14(17)8-19-10-3-4-11-9(6-10)2-5-12(11)18/h3-4,6-7,12,18H,2,5,8H2,1H3/t12-/m0/s1. The summed E-state index contributed by atoms with van der Waals surface area (Å²) in [6.45, 7) is 0.380. The number of rotatable bonds is 3. The molecule has 1 aliphatic rings. The largest absolute Gasteiger partial charge is 0.486 e. The lowest BCUT2D eigenvalue weighted by Gasteiger charge is -2.09. The zero-order valence-electron chi connectivity index (χ0n) is 10.6. The first-order valence-electron chi connectivity index (χ1n) is 6.25. The van der Waals surface area contributed by atoms with Gasteiger partial charge >= 0.3 is 0 Å². The van der Waals surface area contributed by atoms with Crippen LogP contribution in [-0.4, -0.2) is 14.7 Å². The molecule has 4 nitrogen and oxygen atoms in total. The molecule has 0 amide bonds. The van der Waals surface area contributed by atoms with Gasteiger partial charge in [0.2, 0.25) is 0 Å². The highest BCUT2D eigenvalue weighted by atomic mass is 35.5. The monoisotopic (exact) mass is 278 g/mol. The van der Waals surface area contributed by atoms with Gasteiger partial charge in [-0.05, 0) is 36.1 Å². The zero-order valence-corrected chi connectivity index (χ0v) is 11.4. The normalized spacial score (nSPS) is 17.5. The number of hydrogen-bond acceptors (Lipinski definition) is 3. The van der Waals surface area contributed by atoms with Crippen molar-refractivity contribution in [3.63, 3.8) is 0 Å². The number of imidazole rings is 1.